The summed E-state index contributed by atoms with van der Waals surface area (Å²) in [5.74, 6) is 0.0843. The third kappa shape index (κ3) is 1.53. The normalized spacial score (nSPS) is 12.3. The first kappa shape index (κ1) is 9.86. The lowest BCUT2D eigenvalue weighted by molar-refractivity contribution is 0.318. The lowest BCUT2D eigenvalue weighted by Gasteiger charge is -1.98. The average molecular weight is 224 g/mol. The summed E-state index contributed by atoms with van der Waals surface area (Å²) in [6.07, 6.45) is 0. The average Bonchev–Trinajstić information content (AvgIpc) is 2.52. The quantitative estimate of drug-likeness (QED) is 0.300. The minimum absolute atomic E-state index is 0.0843. The van der Waals surface area contributed by atoms with Crippen LogP contribution in [-0.2, 0) is 0 Å². The van der Waals surface area contributed by atoms with Gasteiger partial charge >= 0.3 is 0 Å². The molecule has 0 atom stereocenters. The van der Waals surface area contributed by atoms with Crippen LogP contribution < -0.4 is 5.73 Å². The van der Waals surface area contributed by atoms with Crippen molar-refractivity contribution < 1.29 is 5.21 Å². The number of nitrogens with two attached hydrogens (primary N) is 1. The number of amidine groups is 1. The number of halogens is 1. The molecule has 0 unspecified atom stereocenters. The minimum Gasteiger partial charge on any atom is -0.409 e. The van der Waals surface area contributed by atoms with Crippen molar-refractivity contribution in [2.45, 2.75) is 6.92 Å². The Bertz CT molecular complexity index is 545. The summed E-state index contributed by atoms with van der Waals surface area (Å²) in [6.45, 7) is 1.86. The van der Waals surface area contributed by atoms with Crippen molar-refractivity contribution in [3.63, 3.8) is 0 Å². The summed E-state index contributed by atoms with van der Waals surface area (Å²) in [4.78, 5) is 3.14. The molecule has 0 spiro atoms. The zero-order chi connectivity index (χ0) is 11.0. The van der Waals surface area contributed by atoms with Crippen LogP contribution in [0.25, 0.3) is 10.9 Å². The molecule has 4 nitrogen and oxygen atoms in total. The van der Waals surface area contributed by atoms with Crippen LogP contribution in [0.5, 0.6) is 0 Å². The zero-order valence-electron chi connectivity index (χ0n) is 8.08. The van der Waals surface area contributed by atoms with E-state index in [4.69, 9.17) is 22.5 Å². The van der Waals surface area contributed by atoms with Gasteiger partial charge in [-0.2, -0.15) is 0 Å². The number of H-pyrrole nitrogens is 1. The van der Waals surface area contributed by atoms with Gasteiger partial charge in [0.2, 0.25) is 0 Å². The molecule has 0 radical (unpaired) electrons. The van der Waals surface area contributed by atoms with Gasteiger partial charge in [0, 0.05) is 27.2 Å². The highest BCUT2D eigenvalue weighted by Gasteiger charge is 2.12. The number of aromatic nitrogens is 1. The van der Waals surface area contributed by atoms with Gasteiger partial charge in [-0.25, -0.2) is 0 Å². The second-order valence-corrected chi connectivity index (χ2v) is 3.74. The van der Waals surface area contributed by atoms with Crippen LogP contribution in [0.4, 0.5) is 0 Å². The summed E-state index contributed by atoms with van der Waals surface area (Å²) in [7, 11) is 0. The van der Waals surface area contributed by atoms with Crippen molar-refractivity contribution >= 4 is 28.3 Å². The second-order valence-electron chi connectivity index (χ2n) is 3.30. The molecular weight excluding hydrogens is 214 g/mol. The summed E-state index contributed by atoms with van der Waals surface area (Å²) in [5.41, 5.74) is 8.05. The van der Waals surface area contributed by atoms with Crippen LogP contribution in [0.2, 0.25) is 5.02 Å². The van der Waals surface area contributed by atoms with Crippen molar-refractivity contribution in [2.24, 2.45) is 10.9 Å². The fourth-order valence-electron chi connectivity index (χ4n) is 1.68. The van der Waals surface area contributed by atoms with Gasteiger partial charge in [0.1, 0.15) is 0 Å². The van der Waals surface area contributed by atoms with Gasteiger partial charge < -0.3 is 15.9 Å². The lowest BCUT2D eigenvalue weighted by atomic mass is 10.1. The Hall–Kier alpha value is -1.68. The van der Waals surface area contributed by atoms with Crippen molar-refractivity contribution in [3.05, 3.63) is 34.5 Å². The smallest absolute Gasteiger partial charge is 0.172 e. The standard InChI is InChI=1S/C10H10ClN3O/c1-5-9(10(12)14-15)7-4-6(11)2-3-8(7)13-5/h2-4,13,15H,1H3,(H2,12,14). The Balaban J connectivity index is 2.82. The van der Waals surface area contributed by atoms with E-state index in [-0.39, 0.29) is 5.84 Å². The van der Waals surface area contributed by atoms with E-state index in [9.17, 15) is 0 Å². The third-order valence-corrected chi connectivity index (χ3v) is 2.55. The van der Waals surface area contributed by atoms with Crippen molar-refractivity contribution in [1.29, 1.82) is 0 Å². The first-order valence-electron chi connectivity index (χ1n) is 4.39. The van der Waals surface area contributed by atoms with Crippen molar-refractivity contribution in [3.8, 4) is 0 Å². The molecule has 2 aromatic rings. The fraction of sp³-hybridized carbons (Fsp3) is 0.100. The number of nitrogens with zero attached hydrogens (tertiary/aromatic N) is 1. The van der Waals surface area contributed by atoms with Gasteiger partial charge in [-0.3, -0.25) is 0 Å². The zero-order valence-corrected chi connectivity index (χ0v) is 8.84. The predicted octanol–water partition coefficient (Wildman–Crippen LogP) is 2.22. The number of benzene rings is 1. The van der Waals surface area contributed by atoms with E-state index in [2.05, 4.69) is 10.1 Å². The van der Waals surface area contributed by atoms with E-state index < -0.39 is 0 Å². The van der Waals surface area contributed by atoms with Gasteiger partial charge in [-0.15, -0.1) is 0 Å². The highest BCUT2D eigenvalue weighted by atomic mass is 35.5. The van der Waals surface area contributed by atoms with E-state index in [1.165, 1.54) is 0 Å². The minimum atomic E-state index is 0.0843. The molecule has 0 bridgehead atoms. The van der Waals surface area contributed by atoms with E-state index in [1.807, 2.05) is 13.0 Å². The lowest BCUT2D eigenvalue weighted by Crippen LogP contribution is -2.13. The van der Waals surface area contributed by atoms with Gasteiger partial charge in [-0.05, 0) is 25.1 Å². The highest BCUT2D eigenvalue weighted by molar-refractivity contribution is 6.31. The van der Waals surface area contributed by atoms with E-state index >= 15 is 0 Å². The molecule has 0 aliphatic rings. The summed E-state index contributed by atoms with van der Waals surface area (Å²) in [5, 5.41) is 13.2. The van der Waals surface area contributed by atoms with E-state index in [0.717, 1.165) is 16.6 Å². The van der Waals surface area contributed by atoms with Crippen LogP contribution in [0.3, 0.4) is 0 Å². The molecule has 1 aromatic heterocycles. The number of hydrogen-bond donors (Lipinski definition) is 3. The molecule has 0 aliphatic heterocycles. The third-order valence-electron chi connectivity index (χ3n) is 2.31. The molecule has 0 amide bonds. The maximum absolute atomic E-state index is 8.68. The van der Waals surface area contributed by atoms with Crippen LogP contribution in [-0.4, -0.2) is 16.0 Å². The number of aryl methyl sites for hydroxylation is 1. The Kier molecular flexibility index (Phi) is 2.28. The Morgan fingerprint density at radius 1 is 1.53 bits per heavy atom. The molecule has 0 saturated carbocycles. The summed E-state index contributed by atoms with van der Waals surface area (Å²) < 4.78 is 0. The number of oxime groups is 1. The van der Waals surface area contributed by atoms with Crippen LogP contribution in [0.1, 0.15) is 11.3 Å². The first-order valence-corrected chi connectivity index (χ1v) is 4.77. The van der Waals surface area contributed by atoms with Crippen LogP contribution in [0, 0.1) is 6.92 Å². The molecule has 2 rings (SSSR count). The Morgan fingerprint density at radius 3 is 2.93 bits per heavy atom. The Morgan fingerprint density at radius 2 is 2.27 bits per heavy atom. The monoisotopic (exact) mass is 223 g/mol. The number of aromatic amines is 1. The molecule has 15 heavy (non-hydrogen) atoms. The molecule has 0 saturated heterocycles. The number of nitrogens with one attached hydrogen (secondary N) is 1. The number of rotatable bonds is 1. The summed E-state index contributed by atoms with van der Waals surface area (Å²) >= 11 is 5.89. The molecule has 1 aromatic carbocycles. The molecule has 78 valence electrons. The van der Waals surface area contributed by atoms with Crippen molar-refractivity contribution in [1.82, 2.24) is 4.98 Å². The number of fused-ring (bicyclic) bond motifs is 1. The van der Waals surface area contributed by atoms with Crippen LogP contribution >= 0.6 is 11.6 Å². The fourth-order valence-corrected chi connectivity index (χ4v) is 1.85. The Labute approximate surface area is 91.3 Å². The van der Waals surface area contributed by atoms with Gasteiger partial charge in [0.15, 0.2) is 5.84 Å². The van der Waals surface area contributed by atoms with Gasteiger partial charge in [0.25, 0.3) is 0 Å². The van der Waals surface area contributed by atoms with Gasteiger partial charge in [0.05, 0.1) is 0 Å². The molecule has 0 aliphatic carbocycles. The summed E-state index contributed by atoms with van der Waals surface area (Å²) in [6, 6.07) is 5.43. The van der Waals surface area contributed by atoms with E-state index in [1.54, 1.807) is 12.1 Å². The van der Waals surface area contributed by atoms with E-state index in [0.29, 0.717) is 10.6 Å². The highest BCUT2D eigenvalue weighted by Crippen LogP contribution is 2.24. The second kappa shape index (κ2) is 3.47. The molecule has 0 fully saturated rings. The maximum atomic E-state index is 8.68. The number of hydrogen-bond acceptors (Lipinski definition) is 2. The first-order chi connectivity index (χ1) is 7.13. The van der Waals surface area contributed by atoms with Crippen LogP contribution in [0.15, 0.2) is 23.4 Å². The largest absolute Gasteiger partial charge is 0.409 e. The molecule has 1 heterocycles. The molecule has 5 heteroatoms. The molecule has 4 N–H and O–H groups in total. The SMILES string of the molecule is Cc1[nH]c2ccc(Cl)cc2c1/C(N)=N\O. The predicted molar refractivity (Wildman–Crippen MR) is 60.6 cm³/mol. The maximum Gasteiger partial charge on any atom is 0.172 e. The molecular formula is C10H10ClN3O. The van der Waals surface area contributed by atoms with Gasteiger partial charge in [-0.1, -0.05) is 16.8 Å². The van der Waals surface area contributed by atoms with Crippen molar-refractivity contribution in [2.75, 3.05) is 0 Å². The topological polar surface area (TPSA) is 74.4 Å².